The number of nitro benzene ring substituents is 1. The molecule has 0 amide bonds. The van der Waals surface area contributed by atoms with Gasteiger partial charge in [-0.1, -0.05) is 12.1 Å². The predicted molar refractivity (Wildman–Crippen MR) is 112 cm³/mol. The maximum Gasteiger partial charge on any atom is 0.269 e. The quantitative estimate of drug-likeness (QED) is 0.202. The lowest BCUT2D eigenvalue weighted by Crippen LogP contribution is -1.99. The van der Waals surface area contributed by atoms with Crippen LogP contribution in [0.25, 0.3) is 17.5 Å². The fourth-order valence-electron chi connectivity index (χ4n) is 3.08. The summed E-state index contributed by atoms with van der Waals surface area (Å²) in [6, 6.07) is 21.3. The van der Waals surface area contributed by atoms with Gasteiger partial charge in [0.1, 0.15) is 0 Å². The molecule has 0 aliphatic heterocycles. The van der Waals surface area contributed by atoms with Gasteiger partial charge in [-0.25, -0.2) is 0 Å². The third kappa shape index (κ3) is 3.91. The molecular weight excluding hydrogens is 366 g/mol. The molecule has 2 aromatic carbocycles. The number of hydrogen-bond donors (Lipinski definition) is 0. The molecule has 0 N–H and O–H groups in total. The second-order valence-corrected chi connectivity index (χ2v) is 6.41. The van der Waals surface area contributed by atoms with Gasteiger partial charge in [-0.3, -0.25) is 14.9 Å². The summed E-state index contributed by atoms with van der Waals surface area (Å²) >= 11 is 0. The molecule has 6 nitrogen and oxygen atoms in total. The van der Waals surface area contributed by atoms with E-state index in [1.807, 2.05) is 70.2 Å². The van der Waals surface area contributed by atoms with Gasteiger partial charge < -0.3 is 9.13 Å². The lowest BCUT2D eigenvalue weighted by molar-refractivity contribution is -0.384. The molecular formula is C23H17N3O3. The molecule has 0 saturated heterocycles. The summed E-state index contributed by atoms with van der Waals surface area (Å²) < 4.78 is 3.81. The Labute approximate surface area is 167 Å². The zero-order valence-electron chi connectivity index (χ0n) is 15.4. The molecule has 4 rings (SSSR count). The average Bonchev–Trinajstić information content (AvgIpc) is 3.44. The van der Waals surface area contributed by atoms with Crippen molar-refractivity contribution in [2.75, 3.05) is 0 Å². The van der Waals surface area contributed by atoms with Gasteiger partial charge in [0.15, 0.2) is 5.78 Å². The Morgan fingerprint density at radius 3 is 2.34 bits per heavy atom. The van der Waals surface area contributed by atoms with Gasteiger partial charge in [0.2, 0.25) is 0 Å². The molecule has 0 saturated carbocycles. The monoisotopic (exact) mass is 383 g/mol. The molecule has 0 aliphatic rings. The summed E-state index contributed by atoms with van der Waals surface area (Å²) in [7, 11) is 0. The van der Waals surface area contributed by atoms with Crippen LogP contribution in [-0.2, 0) is 0 Å². The molecule has 0 unspecified atom stereocenters. The molecule has 6 heteroatoms. The third-order valence-electron chi connectivity index (χ3n) is 4.56. The van der Waals surface area contributed by atoms with Gasteiger partial charge in [0, 0.05) is 53.4 Å². The maximum atomic E-state index is 12.6. The topological polar surface area (TPSA) is 70.1 Å². The van der Waals surface area contributed by atoms with E-state index in [0.717, 1.165) is 17.1 Å². The first kappa shape index (κ1) is 18.2. The summed E-state index contributed by atoms with van der Waals surface area (Å²) in [5.41, 5.74) is 3.14. The number of nitro groups is 1. The van der Waals surface area contributed by atoms with Crippen molar-refractivity contribution < 1.29 is 9.72 Å². The first-order valence-corrected chi connectivity index (χ1v) is 9.00. The summed E-state index contributed by atoms with van der Waals surface area (Å²) in [6.07, 6.45) is 8.98. The highest BCUT2D eigenvalue weighted by atomic mass is 16.6. The van der Waals surface area contributed by atoms with Crippen LogP contribution < -0.4 is 0 Å². The maximum absolute atomic E-state index is 12.6. The SMILES string of the molecule is O=C(/C=C/c1cccn1-c1ccc([N+](=O)[O-])cc1)c1cccc(-n2cccc2)c1. The molecule has 29 heavy (non-hydrogen) atoms. The molecule has 142 valence electrons. The summed E-state index contributed by atoms with van der Waals surface area (Å²) in [4.78, 5) is 23.0. The second-order valence-electron chi connectivity index (χ2n) is 6.41. The summed E-state index contributed by atoms with van der Waals surface area (Å²) in [6.45, 7) is 0. The highest BCUT2D eigenvalue weighted by molar-refractivity contribution is 6.07. The first-order chi connectivity index (χ1) is 14.1. The van der Waals surface area contributed by atoms with Gasteiger partial charge in [-0.2, -0.15) is 0 Å². The van der Waals surface area contributed by atoms with Gasteiger partial charge in [0.05, 0.1) is 4.92 Å². The first-order valence-electron chi connectivity index (χ1n) is 9.00. The highest BCUT2D eigenvalue weighted by Gasteiger charge is 2.08. The number of benzene rings is 2. The number of hydrogen-bond acceptors (Lipinski definition) is 3. The van der Waals surface area contributed by atoms with Crippen LogP contribution in [0.1, 0.15) is 16.1 Å². The molecule has 0 fully saturated rings. The number of carbonyl (C=O) groups is 1. The van der Waals surface area contributed by atoms with Crippen LogP contribution in [-0.4, -0.2) is 19.8 Å². The van der Waals surface area contributed by atoms with E-state index < -0.39 is 4.92 Å². The van der Waals surface area contributed by atoms with E-state index in [1.165, 1.54) is 18.2 Å². The number of non-ortho nitro benzene ring substituents is 1. The van der Waals surface area contributed by atoms with Crippen LogP contribution in [0.2, 0.25) is 0 Å². The standard InChI is InChI=1S/C23H17N3O3/c27-23(18-5-3-6-22(17-18)24-14-1-2-15-24)13-12-19-7-4-16-25(19)20-8-10-21(11-9-20)26(28)29/h1-17H/b13-12+. The van der Waals surface area contributed by atoms with Crippen LogP contribution in [0.5, 0.6) is 0 Å². The van der Waals surface area contributed by atoms with E-state index in [4.69, 9.17) is 0 Å². The fraction of sp³-hybridized carbons (Fsp3) is 0. The van der Waals surface area contributed by atoms with E-state index in [2.05, 4.69) is 0 Å². The van der Waals surface area contributed by atoms with Crippen LogP contribution >= 0.6 is 0 Å². The van der Waals surface area contributed by atoms with Crippen molar-refractivity contribution in [3.05, 3.63) is 119 Å². The Hall–Kier alpha value is -4.19. The van der Waals surface area contributed by atoms with Crippen molar-refractivity contribution in [1.82, 2.24) is 9.13 Å². The van der Waals surface area contributed by atoms with Crippen LogP contribution in [0, 0.1) is 10.1 Å². The van der Waals surface area contributed by atoms with E-state index in [-0.39, 0.29) is 11.5 Å². The van der Waals surface area contributed by atoms with Gasteiger partial charge >= 0.3 is 0 Å². The molecule has 2 heterocycles. The molecule has 4 aromatic rings. The van der Waals surface area contributed by atoms with E-state index in [0.29, 0.717) is 5.56 Å². The number of nitrogens with zero attached hydrogens (tertiary/aromatic N) is 3. The predicted octanol–water partition coefficient (Wildman–Crippen LogP) is 5.07. The van der Waals surface area contributed by atoms with Crippen molar-refractivity contribution >= 4 is 17.5 Å². The number of allylic oxidation sites excluding steroid dienone is 1. The minimum Gasteiger partial charge on any atom is -0.324 e. The molecule has 0 atom stereocenters. The van der Waals surface area contributed by atoms with Gasteiger partial charge in [-0.15, -0.1) is 0 Å². The van der Waals surface area contributed by atoms with Crippen molar-refractivity contribution in [2.45, 2.75) is 0 Å². The van der Waals surface area contributed by atoms with Crippen LogP contribution in [0.3, 0.4) is 0 Å². The van der Waals surface area contributed by atoms with E-state index >= 15 is 0 Å². The van der Waals surface area contributed by atoms with Crippen LogP contribution in [0.15, 0.2) is 97.5 Å². The largest absolute Gasteiger partial charge is 0.324 e. The van der Waals surface area contributed by atoms with Gasteiger partial charge in [-0.05, 0) is 60.7 Å². The smallest absolute Gasteiger partial charge is 0.269 e. The highest BCUT2D eigenvalue weighted by Crippen LogP contribution is 2.19. The van der Waals surface area contributed by atoms with Crippen molar-refractivity contribution in [2.24, 2.45) is 0 Å². The van der Waals surface area contributed by atoms with Crippen molar-refractivity contribution in [3.8, 4) is 11.4 Å². The Bertz CT molecular complexity index is 1190. The Morgan fingerprint density at radius 2 is 1.62 bits per heavy atom. The summed E-state index contributed by atoms with van der Waals surface area (Å²) in [5.74, 6) is -0.101. The number of ketones is 1. The fourth-order valence-corrected chi connectivity index (χ4v) is 3.08. The van der Waals surface area contributed by atoms with Gasteiger partial charge in [0.25, 0.3) is 5.69 Å². The number of aromatic nitrogens is 2. The molecule has 2 aromatic heterocycles. The van der Waals surface area contributed by atoms with Crippen molar-refractivity contribution in [3.63, 3.8) is 0 Å². The molecule has 0 radical (unpaired) electrons. The lowest BCUT2D eigenvalue weighted by atomic mass is 10.1. The Balaban J connectivity index is 1.56. The minimum absolute atomic E-state index is 0.0377. The van der Waals surface area contributed by atoms with E-state index in [9.17, 15) is 14.9 Å². The minimum atomic E-state index is -0.430. The number of rotatable bonds is 6. The second kappa shape index (κ2) is 7.82. The van der Waals surface area contributed by atoms with Crippen molar-refractivity contribution in [1.29, 1.82) is 0 Å². The third-order valence-corrected chi connectivity index (χ3v) is 4.56. The Morgan fingerprint density at radius 1 is 0.862 bits per heavy atom. The van der Waals surface area contributed by atoms with E-state index in [1.54, 1.807) is 24.3 Å². The Kier molecular flexibility index (Phi) is 4.90. The average molecular weight is 383 g/mol. The van der Waals surface area contributed by atoms with Crippen LogP contribution in [0.4, 0.5) is 5.69 Å². The number of carbonyl (C=O) groups excluding carboxylic acids is 1. The molecule has 0 aliphatic carbocycles. The lowest BCUT2D eigenvalue weighted by Gasteiger charge is -2.06. The molecule has 0 spiro atoms. The zero-order chi connectivity index (χ0) is 20.2. The molecule has 0 bridgehead atoms. The normalized spacial score (nSPS) is 11.0. The summed E-state index contributed by atoms with van der Waals surface area (Å²) in [5, 5.41) is 10.8. The zero-order valence-corrected chi connectivity index (χ0v) is 15.4.